The molecule has 1 aliphatic carbocycles. The molecule has 2 aliphatic rings. The smallest absolute Gasteiger partial charge is 0.343 e. The van der Waals surface area contributed by atoms with Crippen LogP contribution in [0.1, 0.15) is 36.2 Å². The van der Waals surface area contributed by atoms with Crippen LogP contribution < -0.4 is 10.3 Å². The summed E-state index contributed by atoms with van der Waals surface area (Å²) in [5, 5.41) is 11.9. The number of rotatable bonds is 4. The molecule has 10 nitrogen and oxygen atoms in total. The monoisotopic (exact) mass is 432 g/mol. The largest absolute Gasteiger partial charge is 0.465 e. The van der Waals surface area contributed by atoms with Gasteiger partial charge in [-0.05, 0) is 18.9 Å². The minimum Gasteiger partial charge on any atom is -0.465 e. The van der Waals surface area contributed by atoms with Crippen LogP contribution >= 0.6 is 0 Å². The summed E-state index contributed by atoms with van der Waals surface area (Å²) in [5.41, 5.74) is -1.82. The zero-order valence-electron chi connectivity index (χ0n) is 17.1. The molecule has 1 aromatic carbocycles. The van der Waals surface area contributed by atoms with E-state index in [-0.39, 0.29) is 47.2 Å². The van der Waals surface area contributed by atoms with E-state index in [1.807, 2.05) is 0 Å². The number of nitro benzene ring substituents is 1. The zero-order valence-corrected chi connectivity index (χ0v) is 17.1. The van der Waals surface area contributed by atoms with Crippen molar-refractivity contribution in [1.29, 1.82) is 0 Å². The number of benzene rings is 1. The number of hydrogen-bond acceptors (Lipinski definition) is 7. The van der Waals surface area contributed by atoms with Crippen molar-refractivity contribution in [3.05, 3.63) is 44.0 Å². The molecule has 1 saturated carbocycles. The number of amides is 1. The third-order valence-electron chi connectivity index (χ3n) is 5.79. The van der Waals surface area contributed by atoms with Gasteiger partial charge in [0, 0.05) is 45.3 Å². The highest BCUT2D eigenvalue weighted by molar-refractivity contribution is 5.99. The van der Waals surface area contributed by atoms with Crippen LogP contribution in [0.25, 0.3) is 10.9 Å². The number of hydrogen-bond donors (Lipinski definition) is 0. The van der Waals surface area contributed by atoms with Gasteiger partial charge in [0.25, 0.3) is 0 Å². The molecule has 4 rings (SSSR count). The van der Waals surface area contributed by atoms with E-state index in [1.54, 1.807) is 4.90 Å². The summed E-state index contributed by atoms with van der Waals surface area (Å²) >= 11 is 0. The molecule has 0 atom stereocenters. The van der Waals surface area contributed by atoms with Crippen molar-refractivity contribution in [2.24, 2.45) is 0 Å². The maximum atomic E-state index is 15.2. The van der Waals surface area contributed by atoms with Crippen LogP contribution in [-0.2, 0) is 9.53 Å². The molecule has 0 spiro atoms. The van der Waals surface area contributed by atoms with Crippen molar-refractivity contribution in [3.63, 3.8) is 0 Å². The Hall–Kier alpha value is -3.50. The number of fused-ring (bicyclic) bond motifs is 1. The van der Waals surface area contributed by atoms with Gasteiger partial charge in [-0.2, -0.15) is 0 Å². The van der Waals surface area contributed by atoms with Gasteiger partial charge in [-0.25, -0.2) is 9.18 Å². The highest BCUT2D eigenvalue weighted by Gasteiger charge is 2.36. The van der Waals surface area contributed by atoms with E-state index in [0.29, 0.717) is 13.1 Å². The first-order valence-corrected chi connectivity index (χ1v) is 9.89. The number of anilines is 1. The number of esters is 1. The number of carbonyl (C=O) groups excluding carboxylic acids is 2. The lowest BCUT2D eigenvalue weighted by molar-refractivity contribution is -0.382. The molecule has 1 saturated heterocycles. The second-order valence-electron chi connectivity index (χ2n) is 7.70. The summed E-state index contributed by atoms with van der Waals surface area (Å²) in [6, 6.07) is 0.834. The highest BCUT2D eigenvalue weighted by Crippen LogP contribution is 2.43. The summed E-state index contributed by atoms with van der Waals surface area (Å²) in [6.45, 7) is 2.48. The minimum absolute atomic E-state index is 0.00412. The second kappa shape index (κ2) is 7.64. The normalized spacial score (nSPS) is 16.5. The third-order valence-corrected chi connectivity index (χ3v) is 5.79. The van der Waals surface area contributed by atoms with Crippen LogP contribution in [0.2, 0.25) is 0 Å². The molecule has 0 radical (unpaired) electrons. The molecule has 2 aromatic rings. The summed E-state index contributed by atoms with van der Waals surface area (Å²) in [7, 11) is 1.13. The number of ether oxygens (including phenoxy) is 1. The molecule has 1 amide bonds. The van der Waals surface area contributed by atoms with Crippen LogP contribution in [-0.4, -0.2) is 59.6 Å². The van der Waals surface area contributed by atoms with Gasteiger partial charge in [0.1, 0.15) is 11.1 Å². The molecule has 164 valence electrons. The average Bonchev–Trinajstić information content (AvgIpc) is 3.58. The van der Waals surface area contributed by atoms with E-state index in [1.165, 1.54) is 22.6 Å². The Morgan fingerprint density at radius 1 is 1.23 bits per heavy atom. The zero-order chi connectivity index (χ0) is 22.4. The van der Waals surface area contributed by atoms with Crippen molar-refractivity contribution in [2.75, 3.05) is 38.2 Å². The molecular weight excluding hydrogens is 411 g/mol. The maximum Gasteiger partial charge on any atom is 0.343 e. The number of halogens is 1. The molecule has 0 N–H and O–H groups in total. The predicted molar refractivity (Wildman–Crippen MR) is 109 cm³/mol. The SMILES string of the molecule is COC(=O)c1cn(C2CC2)c2c([N+](=O)[O-])c(N3CCN(C(C)=O)CC3)c(F)cc2c1=O. The Labute approximate surface area is 175 Å². The van der Waals surface area contributed by atoms with Crippen LogP contribution in [0.5, 0.6) is 0 Å². The van der Waals surface area contributed by atoms with Crippen LogP contribution in [0.4, 0.5) is 15.8 Å². The third kappa shape index (κ3) is 3.49. The van der Waals surface area contributed by atoms with E-state index < -0.39 is 27.8 Å². The fraction of sp³-hybridized carbons (Fsp3) is 0.450. The number of aromatic nitrogens is 1. The van der Waals surface area contributed by atoms with E-state index in [2.05, 4.69) is 4.74 Å². The second-order valence-corrected chi connectivity index (χ2v) is 7.70. The van der Waals surface area contributed by atoms with E-state index >= 15 is 4.39 Å². The number of pyridine rings is 1. The van der Waals surface area contributed by atoms with Gasteiger partial charge >= 0.3 is 11.7 Å². The fourth-order valence-electron chi connectivity index (χ4n) is 4.07. The van der Waals surface area contributed by atoms with E-state index in [9.17, 15) is 24.5 Å². The molecule has 0 unspecified atom stereocenters. The topological polar surface area (TPSA) is 115 Å². The molecular formula is C20H21FN4O6. The Kier molecular flexibility index (Phi) is 5.11. The van der Waals surface area contributed by atoms with Crippen molar-refractivity contribution < 1.29 is 23.6 Å². The molecule has 0 bridgehead atoms. The first-order chi connectivity index (χ1) is 14.7. The molecule has 2 heterocycles. The summed E-state index contributed by atoms with van der Waals surface area (Å²) in [6.07, 6.45) is 2.72. The van der Waals surface area contributed by atoms with Crippen molar-refractivity contribution >= 4 is 34.2 Å². The lowest BCUT2D eigenvalue weighted by atomic mass is 10.1. The van der Waals surface area contributed by atoms with E-state index in [0.717, 1.165) is 26.0 Å². The minimum atomic E-state index is -0.920. The number of methoxy groups -OCH3 is 1. The van der Waals surface area contributed by atoms with Crippen LogP contribution in [0, 0.1) is 15.9 Å². The van der Waals surface area contributed by atoms with Crippen molar-refractivity contribution in [2.45, 2.75) is 25.8 Å². The van der Waals surface area contributed by atoms with Gasteiger partial charge in [0.15, 0.2) is 11.5 Å². The fourth-order valence-corrected chi connectivity index (χ4v) is 4.07. The van der Waals surface area contributed by atoms with Gasteiger partial charge in [-0.1, -0.05) is 0 Å². The van der Waals surface area contributed by atoms with Crippen molar-refractivity contribution in [1.82, 2.24) is 9.47 Å². The van der Waals surface area contributed by atoms with Gasteiger partial charge in [0.2, 0.25) is 11.3 Å². The lowest BCUT2D eigenvalue weighted by Gasteiger charge is -2.35. The number of nitrogens with zero attached hydrogens (tertiary/aromatic N) is 4. The van der Waals surface area contributed by atoms with E-state index in [4.69, 9.17) is 0 Å². The Morgan fingerprint density at radius 2 is 1.87 bits per heavy atom. The number of piperazine rings is 1. The highest BCUT2D eigenvalue weighted by atomic mass is 19.1. The molecule has 11 heteroatoms. The van der Waals surface area contributed by atoms with Gasteiger partial charge in [-0.15, -0.1) is 0 Å². The maximum absolute atomic E-state index is 15.2. The summed E-state index contributed by atoms with van der Waals surface area (Å²) in [5.74, 6) is -1.92. The Morgan fingerprint density at radius 3 is 2.39 bits per heavy atom. The first-order valence-electron chi connectivity index (χ1n) is 9.89. The van der Waals surface area contributed by atoms with Crippen LogP contribution in [0.15, 0.2) is 17.1 Å². The van der Waals surface area contributed by atoms with Gasteiger partial charge in [0.05, 0.1) is 17.4 Å². The molecule has 1 aliphatic heterocycles. The Balaban J connectivity index is 1.96. The van der Waals surface area contributed by atoms with Crippen LogP contribution in [0.3, 0.4) is 0 Å². The van der Waals surface area contributed by atoms with Crippen molar-refractivity contribution in [3.8, 4) is 0 Å². The standard InChI is InChI=1S/C20H21FN4O6/c1-11(26)22-5-7-23(8-6-22)17-15(21)9-13-16(18(17)25(29)30)24(12-3-4-12)10-14(19(13)27)20(28)31-2/h9-10,12H,3-8H2,1-2H3. The lowest BCUT2D eigenvalue weighted by Crippen LogP contribution is -2.48. The summed E-state index contributed by atoms with van der Waals surface area (Å²) in [4.78, 5) is 51.1. The molecule has 2 fully saturated rings. The van der Waals surface area contributed by atoms with Gasteiger partial charge in [-0.3, -0.25) is 19.7 Å². The number of nitro groups is 1. The molecule has 1 aromatic heterocycles. The first kappa shape index (κ1) is 20.8. The van der Waals surface area contributed by atoms with Gasteiger partial charge < -0.3 is 19.1 Å². The number of carbonyl (C=O) groups is 2. The predicted octanol–water partition coefficient (Wildman–Crippen LogP) is 1.84. The molecule has 31 heavy (non-hydrogen) atoms. The summed E-state index contributed by atoms with van der Waals surface area (Å²) < 4.78 is 21.4. The average molecular weight is 432 g/mol. The quantitative estimate of drug-likeness (QED) is 0.411. The Bertz CT molecular complexity index is 1160.